The Balaban J connectivity index is 2.34. The van der Waals surface area contributed by atoms with E-state index in [1.54, 1.807) is 0 Å². The molecule has 1 heterocycles. The number of hydrogen-bond acceptors (Lipinski definition) is 3. The van der Waals surface area contributed by atoms with Crippen molar-refractivity contribution in [2.45, 2.75) is 12.0 Å². The van der Waals surface area contributed by atoms with Crippen molar-refractivity contribution in [3.8, 4) is 0 Å². The number of hydrogen-bond donors (Lipinski definition) is 2. The van der Waals surface area contributed by atoms with Crippen molar-refractivity contribution >= 4 is 5.69 Å². The van der Waals surface area contributed by atoms with Crippen molar-refractivity contribution in [3.63, 3.8) is 0 Å². The molecule has 1 aromatic rings. The average Bonchev–Trinajstić information content (AvgIpc) is 2.56. The smallest absolute Gasteiger partial charge is 0.0748 e. The Morgan fingerprint density at radius 2 is 2.29 bits per heavy atom. The number of benzene rings is 1. The second kappa shape index (κ2) is 3.59. The number of fused-ring (bicyclic) bond motifs is 1. The second-order valence-corrected chi connectivity index (χ2v) is 3.85. The third-order valence-corrected chi connectivity index (χ3v) is 2.92. The van der Waals surface area contributed by atoms with Crippen LogP contribution < -0.4 is 10.6 Å². The fraction of sp³-hybridized carbons (Fsp3) is 0.455. The monoisotopic (exact) mass is 192 g/mol. The Morgan fingerprint density at radius 3 is 3.00 bits per heavy atom. The van der Waals surface area contributed by atoms with Crippen molar-refractivity contribution in [2.75, 3.05) is 25.0 Å². The summed E-state index contributed by atoms with van der Waals surface area (Å²) in [6, 6.07) is 8.18. The van der Waals surface area contributed by atoms with Gasteiger partial charge in [0.1, 0.15) is 0 Å². The number of aliphatic hydroxyl groups excluding tert-OH is 1. The molecular weight excluding hydrogens is 176 g/mol. The molecule has 0 aliphatic carbocycles. The summed E-state index contributed by atoms with van der Waals surface area (Å²) >= 11 is 0. The number of nitrogens with two attached hydrogens (primary N) is 1. The van der Waals surface area contributed by atoms with Gasteiger partial charge in [0.15, 0.2) is 0 Å². The van der Waals surface area contributed by atoms with E-state index in [0.29, 0.717) is 6.54 Å². The van der Waals surface area contributed by atoms with Gasteiger partial charge < -0.3 is 15.7 Å². The maximum Gasteiger partial charge on any atom is 0.0748 e. The molecule has 1 aromatic carbocycles. The van der Waals surface area contributed by atoms with Crippen LogP contribution in [-0.2, 0) is 0 Å². The summed E-state index contributed by atoms with van der Waals surface area (Å²) in [5, 5.41) is 9.77. The number of rotatable bonds is 2. The van der Waals surface area contributed by atoms with Crippen LogP contribution in [-0.4, -0.2) is 31.3 Å². The highest BCUT2D eigenvalue weighted by atomic mass is 16.3. The predicted octanol–water partition coefficient (Wildman–Crippen LogP) is 0.540. The van der Waals surface area contributed by atoms with Gasteiger partial charge in [-0.05, 0) is 11.6 Å². The SMILES string of the molecule is CN1CC(C(O)CN)c2ccccc21. The van der Waals surface area contributed by atoms with Crippen molar-refractivity contribution in [1.29, 1.82) is 0 Å². The van der Waals surface area contributed by atoms with Crippen molar-refractivity contribution < 1.29 is 5.11 Å². The summed E-state index contributed by atoms with van der Waals surface area (Å²) in [4.78, 5) is 2.17. The van der Waals surface area contributed by atoms with Gasteiger partial charge in [0, 0.05) is 31.7 Å². The molecule has 76 valence electrons. The van der Waals surface area contributed by atoms with Crippen LogP contribution in [0.15, 0.2) is 24.3 Å². The molecule has 3 N–H and O–H groups in total. The van der Waals surface area contributed by atoms with Crippen LogP contribution in [0.1, 0.15) is 11.5 Å². The van der Waals surface area contributed by atoms with E-state index in [0.717, 1.165) is 6.54 Å². The highest BCUT2D eigenvalue weighted by Gasteiger charge is 2.30. The first-order valence-electron chi connectivity index (χ1n) is 4.92. The number of aliphatic hydroxyl groups is 1. The molecule has 2 rings (SSSR count). The van der Waals surface area contributed by atoms with E-state index in [-0.39, 0.29) is 5.92 Å². The molecule has 1 aliphatic heterocycles. The van der Waals surface area contributed by atoms with Gasteiger partial charge in [-0.15, -0.1) is 0 Å². The topological polar surface area (TPSA) is 49.5 Å². The molecule has 3 nitrogen and oxygen atoms in total. The van der Waals surface area contributed by atoms with E-state index in [2.05, 4.69) is 17.0 Å². The lowest BCUT2D eigenvalue weighted by atomic mass is 9.96. The number of nitrogens with zero attached hydrogens (tertiary/aromatic N) is 1. The minimum Gasteiger partial charge on any atom is -0.391 e. The number of para-hydroxylation sites is 1. The third kappa shape index (κ3) is 1.38. The van der Waals surface area contributed by atoms with Crippen LogP contribution in [0.5, 0.6) is 0 Å². The van der Waals surface area contributed by atoms with Gasteiger partial charge in [0.25, 0.3) is 0 Å². The lowest BCUT2D eigenvalue weighted by Gasteiger charge is -2.17. The summed E-state index contributed by atoms with van der Waals surface area (Å²) in [5.41, 5.74) is 7.91. The first-order chi connectivity index (χ1) is 6.74. The van der Waals surface area contributed by atoms with E-state index in [1.807, 2.05) is 19.2 Å². The van der Waals surface area contributed by atoms with Crippen LogP contribution in [0.3, 0.4) is 0 Å². The van der Waals surface area contributed by atoms with Crippen LogP contribution in [0.4, 0.5) is 5.69 Å². The Labute approximate surface area is 84.1 Å². The maximum absolute atomic E-state index is 9.77. The zero-order chi connectivity index (χ0) is 10.1. The zero-order valence-electron chi connectivity index (χ0n) is 8.35. The van der Waals surface area contributed by atoms with Gasteiger partial charge in [0.05, 0.1) is 6.10 Å². The van der Waals surface area contributed by atoms with Crippen molar-refractivity contribution in [1.82, 2.24) is 0 Å². The summed E-state index contributed by atoms with van der Waals surface area (Å²) in [6.07, 6.45) is -0.430. The molecule has 0 saturated heterocycles. The standard InChI is InChI=1S/C11H16N2O/c1-13-7-9(11(14)6-12)8-4-2-3-5-10(8)13/h2-5,9,11,14H,6-7,12H2,1H3. The predicted molar refractivity (Wildman–Crippen MR) is 57.5 cm³/mol. The van der Waals surface area contributed by atoms with Crippen LogP contribution >= 0.6 is 0 Å². The van der Waals surface area contributed by atoms with Crippen molar-refractivity contribution in [2.24, 2.45) is 5.73 Å². The van der Waals surface area contributed by atoms with Crippen LogP contribution in [0.25, 0.3) is 0 Å². The molecule has 0 aromatic heterocycles. The summed E-state index contributed by atoms with van der Waals surface area (Å²) in [7, 11) is 2.04. The number of likely N-dealkylation sites (N-methyl/N-ethyl adjacent to an activating group) is 1. The fourth-order valence-corrected chi connectivity index (χ4v) is 2.13. The Hall–Kier alpha value is -1.06. The summed E-state index contributed by atoms with van der Waals surface area (Å²) < 4.78 is 0. The Morgan fingerprint density at radius 1 is 1.57 bits per heavy atom. The first kappa shape index (κ1) is 9.49. The van der Waals surface area contributed by atoms with E-state index >= 15 is 0 Å². The molecule has 0 fully saturated rings. The normalized spacial score (nSPS) is 22.2. The van der Waals surface area contributed by atoms with Gasteiger partial charge >= 0.3 is 0 Å². The van der Waals surface area contributed by atoms with Crippen molar-refractivity contribution in [3.05, 3.63) is 29.8 Å². The van der Waals surface area contributed by atoms with E-state index in [9.17, 15) is 5.11 Å². The summed E-state index contributed by atoms with van der Waals surface area (Å²) in [6.45, 7) is 1.19. The van der Waals surface area contributed by atoms with Crippen LogP contribution in [0.2, 0.25) is 0 Å². The molecule has 0 bridgehead atoms. The lowest BCUT2D eigenvalue weighted by Crippen LogP contribution is -2.30. The largest absolute Gasteiger partial charge is 0.391 e. The first-order valence-corrected chi connectivity index (χ1v) is 4.92. The van der Waals surface area contributed by atoms with Gasteiger partial charge in [-0.25, -0.2) is 0 Å². The molecule has 0 radical (unpaired) electrons. The summed E-state index contributed by atoms with van der Waals surface area (Å²) in [5.74, 6) is 0.168. The molecular formula is C11H16N2O. The lowest BCUT2D eigenvalue weighted by molar-refractivity contribution is 0.156. The molecule has 0 saturated carbocycles. The molecule has 0 amide bonds. The Bertz CT molecular complexity index is 327. The third-order valence-electron chi connectivity index (χ3n) is 2.92. The fourth-order valence-electron chi connectivity index (χ4n) is 2.13. The molecule has 3 heteroatoms. The second-order valence-electron chi connectivity index (χ2n) is 3.85. The maximum atomic E-state index is 9.77. The van der Waals surface area contributed by atoms with Crippen LogP contribution in [0, 0.1) is 0 Å². The quantitative estimate of drug-likeness (QED) is 0.719. The average molecular weight is 192 g/mol. The van der Waals surface area contributed by atoms with Gasteiger partial charge in [0.2, 0.25) is 0 Å². The van der Waals surface area contributed by atoms with Gasteiger partial charge in [-0.3, -0.25) is 0 Å². The minimum absolute atomic E-state index is 0.168. The number of anilines is 1. The molecule has 2 atom stereocenters. The molecule has 2 unspecified atom stereocenters. The minimum atomic E-state index is -0.430. The van der Waals surface area contributed by atoms with E-state index in [4.69, 9.17) is 5.73 Å². The van der Waals surface area contributed by atoms with E-state index in [1.165, 1.54) is 11.3 Å². The van der Waals surface area contributed by atoms with Gasteiger partial charge in [-0.2, -0.15) is 0 Å². The highest BCUT2D eigenvalue weighted by molar-refractivity contribution is 5.59. The molecule has 1 aliphatic rings. The molecule has 14 heavy (non-hydrogen) atoms. The zero-order valence-corrected chi connectivity index (χ0v) is 8.35. The van der Waals surface area contributed by atoms with Gasteiger partial charge in [-0.1, -0.05) is 18.2 Å². The highest BCUT2D eigenvalue weighted by Crippen LogP contribution is 2.36. The molecule has 0 spiro atoms. The van der Waals surface area contributed by atoms with E-state index < -0.39 is 6.10 Å². The Kier molecular flexibility index (Phi) is 2.44.